The highest BCUT2D eigenvalue weighted by Gasteiger charge is 2.22. The Kier molecular flexibility index (Phi) is 2.44. The smallest absolute Gasteiger partial charge is 0.161 e. The molecule has 10 heavy (non-hydrogen) atoms. The highest BCUT2D eigenvalue weighted by atomic mass is 16.3. The van der Waals surface area contributed by atoms with Crippen LogP contribution in [0.5, 0.6) is 0 Å². The van der Waals surface area contributed by atoms with Crippen LogP contribution in [0.3, 0.4) is 0 Å². The lowest BCUT2D eigenvalue weighted by Gasteiger charge is -2.24. The van der Waals surface area contributed by atoms with Crippen molar-refractivity contribution >= 4 is 5.78 Å². The maximum atomic E-state index is 10.9. The monoisotopic (exact) mass is 142 g/mol. The van der Waals surface area contributed by atoms with E-state index in [1.165, 1.54) is 19.3 Å². The van der Waals surface area contributed by atoms with E-state index in [0.717, 1.165) is 0 Å². The molecule has 0 aliphatic heterocycles. The summed E-state index contributed by atoms with van der Waals surface area (Å²) >= 11 is 0. The van der Waals surface area contributed by atoms with Crippen molar-refractivity contribution in [2.24, 2.45) is 5.92 Å². The largest absolute Gasteiger partial charge is 0.386 e. The van der Waals surface area contributed by atoms with E-state index in [0.29, 0.717) is 12.3 Å². The van der Waals surface area contributed by atoms with Gasteiger partial charge < -0.3 is 5.11 Å². The third-order valence-electron chi connectivity index (χ3n) is 2.18. The van der Waals surface area contributed by atoms with E-state index in [1.807, 2.05) is 0 Å². The minimum Gasteiger partial charge on any atom is -0.386 e. The molecular weight excluding hydrogens is 128 g/mol. The summed E-state index contributed by atoms with van der Waals surface area (Å²) in [5.74, 6) is 0.590. The lowest BCUT2D eigenvalue weighted by atomic mass is 9.81. The minimum atomic E-state index is -0.749. The summed E-state index contributed by atoms with van der Waals surface area (Å²) in [5.41, 5.74) is 0. The maximum Gasteiger partial charge on any atom is 0.161 e. The van der Waals surface area contributed by atoms with Crippen LogP contribution in [0.15, 0.2) is 0 Å². The van der Waals surface area contributed by atoms with Crippen LogP contribution in [0, 0.1) is 5.92 Å². The van der Waals surface area contributed by atoms with Crippen molar-refractivity contribution in [1.82, 2.24) is 0 Å². The summed E-state index contributed by atoms with van der Waals surface area (Å²) in [6, 6.07) is 0. The van der Waals surface area contributed by atoms with Gasteiger partial charge in [-0.3, -0.25) is 4.79 Å². The number of carbonyl (C=O) groups is 1. The van der Waals surface area contributed by atoms with Gasteiger partial charge in [0.15, 0.2) is 5.78 Å². The van der Waals surface area contributed by atoms with Gasteiger partial charge in [0.05, 0.1) is 0 Å². The molecule has 1 N–H and O–H groups in total. The molecule has 0 spiro atoms. The summed E-state index contributed by atoms with van der Waals surface area (Å²) < 4.78 is 0. The van der Waals surface area contributed by atoms with Crippen LogP contribution in [-0.2, 0) is 4.79 Å². The predicted octanol–water partition coefficient (Wildman–Crippen LogP) is 1.13. The van der Waals surface area contributed by atoms with Gasteiger partial charge in [-0.05, 0) is 12.8 Å². The van der Waals surface area contributed by atoms with E-state index < -0.39 is 6.10 Å². The number of carbonyl (C=O) groups excluding carboxylic acids is 1. The van der Waals surface area contributed by atoms with Crippen molar-refractivity contribution in [1.29, 1.82) is 0 Å². The van der Waals surface area contributed by atoms with Gasteiger partial charge in [-0.25, -0.2) is 0 Å². The second-order valence-corrected chi connectivity index (χ2v) is 3.14. The average molecular weight is 142 g/mol. The van der Waals surface area contributed by atoms with Crippen LogP contribution in [0.2, 0.25) is 0 Å². The maximum absolute atomic E-state index is 10.9. The van der Waals surface area contributed by atoms with E-state index in [4.69, 9.17) is 5.11 Å². The Hall–Kier alpha value is -0.370. The topological polar surface area (TPSA) is 37.3 Å². The molecule has 1 aliphatic rings. The molecule has 2 nitrogen and oxygen atoms in total. The van der Waals surface area contributed by atoms with Gasteiger partial charge in [-0.15, -0.1) is 0 Å². The molecule has 0 aromatic carbocycles. The summed E-state index contributed by atoms with van der Waals surface area (Å²) in [6.07, 6.45) is 3.47. The van der Waals surface area contributed by atoms with Crippen LogP contribution >= 0.6 is 0 Å². The van der Waals surface area contributed by atoms with Gasteiger partial charge in [-0.2, -0.15) is 0 Å². The molecule has 0 unspecified atom stereocenters. The van der Waals surface area contributed by atoms with E-state index in [1.54, 1.807) is 6.92 Å². The molecule has 0 bridgehead atoms. The first-order chi connectivity index (χ1) is 4.70. The van der Waals surface area contributed by atoms with Crippen LogP contribution in [0.1, 0.15) is 32.6 Å². The molecule has 1 rings (SSSR count). The van der Waals surface area contributed by atoms with Crippen LogP contribution in [0.25, 0.3) is 0 Å². The molecule has 0 aromatic heterocycles. The fraction of sp³-hybridized carbons (Fsp3) is 0.875. The van der Waals surface area contributed by atoms with Gasteiger partial charge in [0.1, 0.15) is 6.10 Å². The summed E-state index contributed by atoms with van der Waals surface area (Å²) in [7, 11) is 0. The van der Waals surface area contributed by atoms with Crippen molar-refractivity contribution in [3.05, 3.63) is 0 Å². The normalized spacial score (nSPS) is 21.8. The lowest BCUT2D eigenvalue weighted by molar-refractivity contribution is -0.127. The zero-order valence-electron chi connectivity index (χ0n) is 6.34. The molecule has 0 heterocycles. The number of ketones is 1. The van der Waals surface area contributed by atoms with Crippen molar-refractivity contribution in [3.8, 4) is 0 Å². The van der Waals surface area contributed by atoms with E-state index >= 15 is 0 Å². The molecule has 1 atom stereocenters. The first-order valence-electron chi connectivity index (χ1n) is 3.91. The molecule has 1 fully saturated rings. The Morgan fingerprint density at radius 1 is 1.70 bits per heavy atom. The molecule has 0 saturated heterocycles. The molecule has 2 heteroatoms. The summed E-state index contributed by atoms with van der Waals surface area (Å²) in [5, 5.41) is 8.84. The Morgan fingerprint density at radius 2 is 2.30 bits per heavy atom. The van der Waals surface area contributed by atoms with Crippen molar-refractivity contribution in [2.45, 2.75) is 38.7 Å². The summed E-state index contributed by atoms with van der Waals surface area (Å²) in [4.78, 5) is 10.9. The fourth-order valence-corrected chi connectivity index (χ4v) is 1.15. The Morgan fingerprint density at radius 3 is 2.60 bits per heavy atom. The fourth-order valence-electron chi connectivity index (χ4n) is 1.15. The second-order valence-electron chi connectivity index (χ2n) is 3.14. The predicted molar refractivity (Wildman–Crippen MR) is 38.6 cm³/mol. The zero-order chi connectivity index (χ0) is 7.56. The zero-order valence-corrected chi connectivity index (χ0v) is 6.34. The number of Topliss-reactive ketones (excluding diaryl/α,β-unsaturated/α-hetero) is 1. The minimum absolute atomic E-state index is 0.00435. The standard InChI is InChI=1S/C8H14O2/c1-6(9)8(10)5-7-3-2-4-7/h6-7,9H,2-5H2,1H3/t6-/m1/s1. The highest BCUT2D eigenvalue weighted by Crippen LogP contribution is 2.29. The number of hydrogen-bond acceptors (Lipinski definition) is 2. The Bertz CT molecular complexity index is 125. The summed E-state index contributed by atoms with van der Waals surface area (Å²) in [6.45, 7) is 1.54. The van der Waals surface area contributed by atoms with Gasteiger partial charge in [0, 0.05) is 6.42 Å². The first kappa shape index (κ1) is 7.73. The molecule has 0 radical (unpaired) electrons. The third-order valence-corrected chi connectivity index (χ3v) is 2.18. The van der Waals surface area contributed by atoms with Gasteiger partial charge >= 0.3 is 0 Å². The van der Waals surface area contributed by atoms with Gasteiger partial charge in [0.2, 0.25) is 0 Å². The highest BCUT2D eigenvalue weighted by molar-refractivity contribution is 5.82. The average Bonchev–Trinajstić information content (AvgIpc) is 1.77. The van der Waals surface area contributed by atoms with E-state index in [2.05, 4.69) is 0 Å². The molecular formula is C8H14O2. The van der Waals surface area contributed by atoms with Gasteiger partial charge in [-0.1, -0.05) is 19.3 Å². The second kappa shape index (κ2) is 3.15. The molecule has 0 aromatic rings. The number of rotatable bonds is 3. The van der Waals surface area contributed by atoms with E-state index in [-0.39, 0.29) is 5.78 Å². The first-order valence-corrected chi connectivity index (χ1v) is 3.91. The molecule has 58 valence electrons. The molecule has 1 aliphatic carbocycles. The van der Waals surface area contributed by atoms with Crippen molar-refractivity contribution in [2.75, 3.05) is 0 Å². The molecule has 0 amide bonds. The Labute approximate surface area is 61.2 Å². The quantitative estimate of drug-likeness (QED) is 0.641. The lowest BCUT2D eigenvalue weighted by Crippen LogP contribution is -2.22. The van der Waals surface area contributed by atoms with Crippen LogP contribution < -0.4 is 0 Å². The van der Waals surface area contributed by atoms with Crippen molar-refractivity contribution < 1.29 is 9.90 Å². The van der Waals surface area contributed by atoms with Gasteiger partial charge in [0.25, 0.3) is 0 Å². The number of aliphatic hydroxyl groups is 1. The van der Waals surface area contributed by atoms with Crippen LogP contribution in [0.4, 0.5) is 0 Å². The Balaban J connectivity index is 2.17. The van der Waals surface area contributed by atoms with Crippen molar-refractivity contribution in [3.63, 3.8) is 0 Å². The van der Waals surface area contributed by atoms with Crippen LogP contribution in [-0.4, -0.2) is 17.0 Å². The number of hydrogen-bond donors (Lipinski definition) is 1. The van der Waals surface area contributed by atoms with E-state index in [9.17, 15) is 4.79 Å². The molecule has 1 saturated carbocycles. The third kappa shape index (κ3) is 1.81. The SMILES string of the molecule is C[C@@H](O)C(=O)CC1CCC1. The number of aliphatic hydroxyl groups excluding tert-OH is 1.